The van der Waals surface area contributed by atoms with Crippen molar-refractivity contribution in [2.24, 2.45) is 0 Å². The van der Waals surface area contributed by atoms with Crippen molar-refractivity contribution in [3.8, 4) is 0 Å². The Morgan fingerprint density at radius 1 is 1.20 bits per heavy atom. The molecule has 0 bridgehead atoms. The Bertz CT molecular complexity index is 650. The van der Waals surface area contributed by atoms with Gasteiger partial charge in [-0.15, -0.1) is 0 Å². The molecular weight excluding hydrogens is 270 g/mol. The quantitative estimate of drug-likeness (QED) is 0.733. The van der Waals surface area contributed by atoms with Gasteiger partial charge in [-0.3, -0.25) is 0 Å². The van der Waals surface area contributed by atoms with Crippen LogP contribution in [0.4, 0.5) is 17.1 Å². The van der Waals surface area contributed by atoms with Crippen LogP contribution in [0.5, 0.6) is 0 Å². The molecule has 0 amide bonds. The van der Waals surface area contributed by atoms with Gasteiger partial charge in [0.05, 0.1) is 5.02 Å². The van der Waals surface area contributed by atoms with E-state index in [2.05, 4.69) is 17.2 Å². The Hall–Kier alpha value is -2.13. The number of benzene rings is 2. The van der Waals surface area contributed by atoms with Gasteiger partial charge >= 0.3 is 0 Å². The second-order valence-electron chi connectivity index (χ2n) is 4.62. The number of nitrogens with two attached hydrogens (primary N) is 1. The van der Waals surface area contributed by atoms with E-state index in [1.807, 2.05) is 50.4 Å². The normalized spacial score (nSPS) is 10.2. The van der Waals surface area contributed by atoms with Crippen molar-refractivity contribution in [3.05, 3.63) is 59.1 Å². The molecule has 2 aromatic carbocycles. The van der Waals surface area contributed by atoms with Gasteiger partial charge in [0, 0.05) is 35.4 Å². The van der Waals surface area contributed by atoms with Crippen molar-refractivity contribution in [2.75, 3.05) is 23.4 Å². The predicted molar refractivity (Wildman–Crippen MR) is 89.2 cm³/mol. The molecule has 0 fully saturated rings. The van der Waals surface area contributed by atoms with Gasteiger partial charge in [-0.1, -0.05) is 18.2 Å². The van der Waals surface area contributed by atoms with Gasteiger partial charge in [0.2, 0.25) is 0 Å². The number of halogens is 1. The highest BCUT2D eigenvalue weighted by Gasteiger charge is 2.07. The number of nitrogens with one attached hydrogen (secondary N) is 2. The molecule has 0 aliphatic carbocycles. The minimum absolute atomic E-state index is 0.662. The lowest BCUT2D eigenvalue weighted by Gasteiger charge is -2.15. The summed E-state index contributed by atoms with van der Waals surface area (Å²) in [7, 11) is 1.87. The third kappa shape index (κ3) is 3.06. The molecule has 0 spiro atoms. The van der Waals surface area contributed by atoms with Crippen LogP contribution < -0.4 is 16.4 Å². The molecular formula is C16H18ClN3. The lowest BCUT2D eigenvalue weighted by Crippen LogP contribution is -2.01. The zero-order valence-corrected chi connectivity index (χ0v) is 12.4. The third-order valence-electron chi connectivity index (χ3n) is 3.12. The summed E-state index contributed by atoms with van der Waals surface area (Å²) in [5, 5.41) is 7.03. The summed E-state index contributed by atoms with van der Waals surface area (Å²) in [5.74, 6) is 0. The molecule has 2 aromatic rings. The highest BCUT2D eigenvalue weighted by Crippen LogP contribution is 2.28. The standard InChI is InChI=1S/C16H18ClN3/c1-10-8-12(18)4-7-16(10)20-11(2)14-9-13(19-3)5-6-15(14)17/h4-9,19-20H,2,18H2,1,3H3. The van der Waals surface area contributed by atoms with Crippen molar-refractivity contribution in [3.63, 3.8) is 0 Å². The van der Waals surface area contributed by atoms with Crippen LogP contribution in [0.15, 0.2) is 43.0 Å². The molecule has 4 heteroatoms. The zero-order valence-electron chi connectivity index (χ0n) is 11.6. The van der Waals surface area contributed by atoms with E-state index in [4.69, 9.17) is 17.3 Å². The molecule has 2 rings (SSSR count). The molecule has 0 atom stereocenters. The molecule has 104 valence electrons. The number of rotatable bonds is 4. The summed E-state index contributed by atoms with van der Waals surface area (Å²) in [5.41, 5.74) is 11.1. The summed E-state index contributed by atoms with van der Waals surface area (Å²) in [6, 6.07) is 11.4. The summed E-state index contributed by atoms with van der Waals surface area (Å²) in [4.78, 5) is 0. The van der Waals surface area contributed by atoms with Crippen molar-refractivity contribution in [1.82, 2.24) is 0 Å². The van der Waals surface area contributed by atoms with Gasteiger partial charge < -0.3 is 16.4 Å². The van der Waals surface area contributed by atoms with Gasteiger partial charge in [0.25, 0.3) is 0 Å². The topological polar surface area (TPSA) is 50.1 Å². The Morgan fingerprint density at radius 3 is 2.60 bits per heavy atom. The number of nitrogen functional groups attached to an aromatic ring is 1. The van der Waals surface area contributed by atoms with E-state index in [-0.39, 0.29) is 0 Å². The summed E-state index contributed by atoms with van der Waals surface area (Å²) in [6.45, 7) is 6.06. The van der Waals surface area contributed by atoms with Crippen LogP contribution in [-0.2, 0) is 0 Å². The van der Waals surface area contributed by atoms with Crippen molar-refractivity contribution >= 4 is 34.4 Å². The monoisotopic (exact) mass is 287 g/mol. The first-order valence-corrected chi connectivity index (χ1v) is 6.69. The van der Waals surface area contributed by atoms with Gasteiger partial charge in [-0.05, 0) is 48.9 Å². The Morgan fingerprint density at radius 2 is 1.95 bits per heavy atom. The van der Waals surface area contributed by atoms with E-state index in [0.29, 0.717) is 5.02 Å². The molecule has 0 aliphatic heterocycles. The second-order valence-corrected chi connectivity index (χ2v) is 5.03. The van der Waals surface area contributed by atoms with Crippen LogP contribution in [0.1, 0.15) is 11.1 Å². The molecule has 4 N–H and O–H groups in total. The maximum Gasteiger partial charge on any atom is 0.0500 e. The number of hydrogen-bond donors (Lipinski definition) is 3. The Kier molecular flexibility index (Phi) is 4.20. The molecule has 0 saturated carbocycles. The molecule has 0 saturated heterocycles. The number of aryl methyl sites for hydroxylation is 1. The average Bonchev–Trinajstić information content (AvgIpc) is 2.42. The smallest absolute Gasteiger partial charge is 0.0500 e. The van der Waals surface area contributed by atoms with Gasteiger partial charge in [0.1, 0.15) is 0 Å². The van der Waals surface area contributed by atoms with E-state index in [0.717, 1.165) is 33.9 Å². The minimum Gasteiger partial charge on any atom is -0.399 e. The predicted octanol–water partition coefficient (Wildman–Crippen LogP) is 4.36. The van der Waals surface area contributed by atoms with Crippen molar-refractivity contribution in [1.29, 1.82) is 0 Å². The van der Waals surface area contributed by atoms with Crippen LogP contribution in [0.3, 0.4) is 0 Å². The lowest BCUT2D eigenvalue weighted by molar-refractivity contribution is 1.43. The molecule has 0 aliphatic rings. The van der Waals surface area contributed by atoms with Crippen LogP contribution in [-0.4, -0.2) is 7.05 Å². The van der Waals surface area contributed by atoms with Crippen molar-refractivity contribution in [2.45, 2.75) is 6.92 Å². The second kappa shape index (κ2) is 5.88. The van der Waals surface area contributed by atoms with E-state index in [9.17, 15) is 0 Å². The molecule has 3 nitrogen and oxygen atoms in total. The summed E-state index contributed by atoms with van der Waals surface area (Å²) in [6.07, 6.45) is 0. The van der Waals surface area contributed by atoms with Crippen LogP contribution in [0.2, 0.25) is 5.02 Å². The Balaban J connectivity index is 2.28. The van der Waals surface area contributed by atoms with E-state index in [1.54, 1.807) is 0 Å². The van der Waals surface area contributed by atoms with Crippen LogP contribution in [0.25, 0.3) is 5.70 Å². The summed E-state index contributed by atoms with van der Waals surface area (Å²) >= 11 is 6.23. The number of hydrogen-bond acceptors (Lipinski definition) is 3. The lowest BCUT2D eigenvalue weighted by atomic mass is 10.1. The fraction of sp³-hybridized carbons (Fsp3) is 0.125. The highest BCUT2D eigenvalue weighted by atomic mass is 35.5. The van der Waals surface area contributed by atoms with Gasteiger partial charge in [-0.2, -0.15) is 0 Å². The first-order chi connectivity index (χ1) is 9.51. The van der Waals surface area contributed by atoms with Crippen LogP contribution >= 0.6 is 11.6 Å². The van der Waals surface area contributed by atoms with E-state index in [1.165, 1.54) is 0 Å². The van der Waals surface area contributed by atoms with Gasteiger partial charge in [-0.25, -0.2) is 0 Å². The van der Waals surface area contributed by atoms with E-state index < -0.39 is 0 Å². The molecule has 0 aromatic heterocycles. The maximum absolute atomic E-state index is 6.23. The zero-order chi connectivity index (χ0) is 14.7. The molecule has 0 radical (unpaired) electrons. The largest absolute Gasteiger partial charge is 0.399 e. The molecule has 20 heavy (non-hydrogen) atoms. The number of anilines is 3. The van der Waals surface area contributed by atoms with Gasteiger partial charge in [0.15, 0.2) is 0 Å². The fourth-order valence-electron chi connectivity index (χ4n) is 1.97. The molecule has 0 heterocycles. The first kappa shape index (κ1) is 14.3. The third-order valence-corrected chi connectivity index (χ3v) is 3.45. The Labute approximate surface area is 124 Å². The molecule has 0 unspecified atom stereocenters. The van der Waals surface area contributed by atoms with E-state index >= 15 is 0 Å². The summed E-state index contributed by atoms with van der Waals surface area (Å²) < 4.78 is 0. The highest BCUT2D eigenvalue weighted by molar-refractivity contribution is 6.32. The SMILES string of the molecule is C=C(Nc1ccc(N)cc1C)c1cc(NC)ccc1Cl. The van der Waals surface area contributed by atoms with Crippen LogP contribution in [0, 0.1) is 6.92 Å². The first-order valence-electron chi connectivity index (χ1n) is 6.31. The average molecular weight is 288 g/mol. The fourth-order valence-corrected chi connectivity index (χ4v) is 2.20. The maximum atomic E-state index is 6.23. The minimum atomic E-state index is 0.662. The van der Waals surface area contributed by atoms with Crippen molar-refractivity contribution < 1.29 is 0 Å².